The normalized spacial score (nSPS) is 32.2. The van der Waals surface area contributed by atoms with Crippen molar-refractivity contribution in [2.24, 2.45) is 11.8 Å². The quantitative estimate of drug-likeness (QED) is 0.511. The molecule has 2 unspecified atom stereocenters. The Labute approximate surface area is 73.1 Å². The van der Waals surface area contributed by atoms with E-state index < -0.39 is 0 Å². The molecule has 2 nitrogen and oxygen atoms in total. The Morgan fingerprint density at radius 2 is 1.33 bits per heavy atom. The third-order valence-electron chi connectivity index (χ3n) is 2.27. The fraction of sp³-hybridized carbons (Fsp3) is 0.600. The lowest BCUT2D eigenvalue weighted by molar-refractivity contribution is 0.436. The van der Waals surface area contributed by atoms with Gasteiger partial charge in [0.25, 0.3) is 0 Å². The summed E-state index contributed by atoms with van der Waals surface area (Å²) in [6.45, 7) is 0. The highest BCUT2D eigenvalue weighted by atomic mass is 14.3. The summed E-state index contributed by atoms with van der Waals surface area (Å²) in [7, 11) is 0. The second kappa shape index (κ2) is 4.57. The van der Waals surface area contributed by atoms with Gasteiger partial charge in [0, 0.05) is 0 Å². The van der Waals surface area contributed by atoms with Crippen molar-refractivity contribution in [1.82, 2.24) is 0 Å². The van der Waals surface area contributed by atoms with Crippen LogP contribution in [0.2, 0.25) is 0 Å². The van der Waals surface area contributed by atoms with Gasteiger partial charge in [-0.25, -0.2) is 0 Å². The average Bonchev–Trinajstić information content (AvgIpc) is 2.05. The average molecular weight is 160 g/mol. The van der Waals surface area contributed by atoms with Crippen molar-refractivity contribution in [2.45, 2.75) is 25.7 Å². The molecule has 0 aromatic carbocycles. The van der Waals surface area contributed by atoms with Gasteiger partial charge < -0.3 is 0 Å². The van der Waals surface area contributed by atoms with E-state index in [1.54, 1.807) is 0 Å². The van der Waals surface area contributed by atoms with Crippen LogP contribution in [0.3, 0.4) is 0 Å². The SMILES string of the molecule is N#CC1CC/C=C\CCC1C#N. The number of hydrogen-bond donors (Lipinski definition) is 0. The lowest BCUT2D eigenvalue weighted by Gasteiger charge is -2.15. The van der Waals surface area contributed by atoms with E-state index in [-0.39, 0.29) is 11.8 Å². The third-order valence-corrected chi connectivity index (χ3v) is 2.27. The highest BCUT2D eigenvalue weighted by Crippen LogP contribution is 2.23. The molecule has 0 spiro atoms. The Bertz CT molecular complexity index is 216. The summed E-state index contributed by atoms with van der Waals surface area (Å²) in [4.78, 5) is 0. The van der Waals surface area contributed by atoms with Crippen LogP contribution in [0, 0.1) is 34.5 Å². The summed E-state index contributed by atoms with van der Waals surface area (Å²) in [5.41, 5.74) is 0. The summed E-state index contributed by atoms with van der Waals surface area (Å²) in [6, 6.07) is 4.43. The highest BCUT2D eigenvalue weighted by Gasteiger charge is 2.20. The molecule has 12 heavy (non-hydrogen) atoms. The molecule has 0 saturated carbocycles. The maximum atomic E-state index is 8.78. The predicted octanol–water partition coefficient (Wildman–Crippen LogP) is 2.40. The number of hydrogen-bond acceptors (Lipinski definition) is 2. The zero-order valence-corrected chi connectivity index (χ0v) is 7.03. The van der Waals surface area contributed by atoms with Crippen molar-refractivity contribution in [3.05, 3.63) is 12.2 Å². The fourth-order valence-corrected chi connectivity index (χ4v) is 1.50. The predicted molar refractivity (Wildman–Crippen MR) is 45.8 cm³/mol. The van der Waals surface area contributed by atoms with Crippen LogP contribution in [0.5, 0.6) is 0 Å². The first-order valence-electron chi connectivity index (χ1n) is 4.32. The topological polar surface area (TPSA) is 47.6 Å². The second-order valence-electron chi connectivity index (χ2n) is 3.10. The zero-order chi connectivity index (χ0) is 8.81. The minimum absolute atomic E-state index is 0.0556. The summed E-state index contributed by atoms with van der Waals surface area (Å²) in [5, 5.41) is 17.6. The Balaban J connectivity index is 2.64. The molecule has 1 rings (SSSR count). The molecule has 62 valence electrons. The Kier molecular flexibility index (Phi) is 3.35. The number of rotatable bonds is 0. The molecule has 0 aromatic heterocycles. The molecule has 0 aliphatic heterocycles. The molecule has 0 saturated heterocycles. The summed E-state index contributed by atoms with van der Waals surface area (Å²) in [5.74, 6) is -0.111. The molecule has 2 heteroatoms. The van der Waals surface area contributed by atoms with Gasteiger partial charge in [-0.05, 0) is 25.7 Å². The van der Waals surface area contributed by atoms with Gasteiger partial charge in [-0.1, -0.05) is 12.2 Å². The van der Waals surface area contributed by atoms with Crippen molar-refractivity contribution < 1.29 is 0 Å². The molecule has 0 amide bonds. The van der Waals surface area contributed by atoms with E-state index in [4.69, 9.17) is 10.5 Å². The summed E-state index contributed by atoms with van der Waals surface area (Å²) < 4.78 is 0. The van der Waals surface area contributed by atoms with Crippen LogP contribution >= 0.6 is 0 Å². The molecule has 1 aliphatic carbocycles. The molecule has 1 aliphatic rings. The van der Waals surface area contributed by atoms with E-state index in [1.165, 1.54) is 0 Å². The molecule has 0 heterocycles. The van der Waals surface area contributed by atoms with Crippen LogP contribution in [0.15, 0.2) is 12.2 Å². The maximum absolute atomic E-state index is 8.78. The summed E-state index contributed by atoms with van der Waals surface area (Å²) >= 11 is 0. The summed E-state index contributed by atoms with van der Waals surface area (Å²) in [6.07, 6.45) is 7.78. The van der Waals surface area contributed by atoms with Gasteiger partial charge in [0.2, 0.25) is 0 Å². The van der Waals surface area contributed by atoms with Gasteiger partial charge in [-0.15, -0.1) is 0 Å². The molecule has 0 aromatic rings. The molecule has 2 atom stereocenters. The Morgan fingerprint density at radius 3 is 1.67 bits per heavy atom. The molecule has 0 radical (unpaired) electrons. The van der Waals surface area contributed by atoms with E-state index in [2.05, 4.69) is 24.3 Å². The number of nitriles is 2. The zero-order valence-electron chi connectivity index (χ0n) is 7.03. The third kappa shape index (κ3) is 2.10. The van der Waals surface area contributed by atoms with Crippen LogP contribution in [-0.2, 0) is 0 Å². The van der Waals surface area contributed by atoms with E-state index >= 15 is 0 Å². The van der Waals surface area contributed by atoms with Gasteiger partial charge in [-0.3, -0.25) is 0 Å². The monoisotopic (exact) mass is 160 g/mol. The number of allylic oxidation sites excluding steroid dienone is 2. The van der Waals surface area contributed by atoms with E-state index in [0.717, 1.165) is 25.7 Å². The first kappa shape index (κ1) is 8.81. The van der Waals surface area contributed by atoms with Crippen molar-refractivity contribution in [2.75, 3.05) is 0 Å². The molecule has 0 fully saturated rings. The lowest BCUT2D eigenvalue weighted by atomic mass is 9.85. The maximum Gasteiger partial charge on any atom is 0.0669 e. The lowest BCUT2D eigenvalue weighted by Crippen LogP contribution is -2.12. The minimum Gasteiger partial charge on any atom is -0.198 e. The van der Waals surface area contributed by atoms with Gasteiger partial charge in [0.1, 0.15) is 0 Å². The second-order valence-corrected chi connectivity index (χ2v) is 3.10. The molecular weight excluding hydrogens is 148 g/mol. The first-order chi connectivity index (χ1) is 5.88. The van der Waals surface area contributed by atoms with Gasteiger partial charge in [0.05, 0.1) is 24.0 Å². The van der Waals surface area contributed by atoms with Crippen LogP contribution in [0.25, 0.3) is 0 Å². The largest absolute Gasteiger partial charge is 0.198 e. The Hall–Kier alpha value is -1.28. The first-order valence-corrected chi connectivity index (χ1v) is 4.32. The van der Waals surface area contributed by atoms with Crippen LogP contribution < -0.4 is 0 Å². The van der Waals surface area contributed by atoms with Crippen LogP contribution in [0.1, 0.15) is 25.7 Å². The van der Waals surface area contributed by atoms with Crippen molar-refractivity contribution >= 4 is 0 Å². The van der Waals surface area contributed by atoms with E-state index in [0.29, 0.717) is 0 Å². The molecule has 0 bridgehead atoms. The molecular formula is C10H12N2. The van der Waals surface area contributed by atoms with Gasteiger partial charge in [-0.2, -0.15) is 10.5 Å². The standard InChI is InChI=1S/C10H12N2/c11-7-9-5-3-1-2-4-6-10(9)8-12/h1-2,9-10H,3-6H2/b2-1-. The van der Waals surface area contributed by atoms with Crippen molar-refractivity contribution in [1.29, 1.82) is 10.5 Å². The Morgan fingerprint density at radius 1 is 0.917 bits per heavy atom. The van der Waals surface area contributed by atoms with Crippen molar-refractivity contribution in [3.8, 4) is 12.1 Å². The van der Waals surface area contributed by atoms with E-state index in [9.17, 15) is 0 Å². The highest BCUT2D eigenvalue weighted by molar-refractivity contribution is 5.01. The fourth-order valence-electron chi connectivity index (χ4n) is 1.50. The van der Waals surface area contributed by atoms with Crippen LogP contribution in [0.4, 0.5) is 0 Å². The smallest absolute Gasteiger partial charge is 0.0669 e. The van der Waals surface area contributed by atoms with E-state index in [1.807, 2.05) is 0 Å². The molecule has 0 N–H and O–H groups in total. The minimum atomic E-state index is -0.0556. The van der Waals surface area contributed by atoms with Crippen LogP contribution in [-0.4, -0.2) is 0 Å². The van der Waals surface area contributed by atoms with Gasteiger partial charge >= 0.3 is 0 Å². The van der Waals surface area contributed by atoms with Gasteiger partial charge in [0.15, 0.2) is 0 Å². The number of nitrogens with zero attached hydrogens (tertiary/aromatic N) is 2. The van der Waals surface area contributed by atoms with Crippen molar-refractivity contribution in [3.63, 3.8) is 0 Å².